The number of hydrogen-bond acceptors (Lipinski definition) is 14. The second-order valence-corrected chi connectivity index (χ2v) is 9.60. The summed E-state index contributed by atoms with van der Waals surface area (Å²) in [6, 6.07) is 12.7. The molecule has 2 aliphatic heterocycles. The van der Waals surface area contributed by atoms with Crippen molar-refractivity contribution in [1.82, 2.24) is 0 Å². The van der Waals surface area contributed by atoms with Gasteiger partial charge in [-0.2, -0.15) is 0 Å². The van der Waals surface area contributed by atoms with E-state index < -0.39 is 74.6 Å². The predicted octanol–water partition coefficient (Wildman–Crippen LogP) is -2.36. The van der Waals surface area contributed by atoms with Crippen molar-refractivity contribution in [2.45, 2.75) is 61.4 Å². The minimum atomic E-state index is -1.77. The Bertz CT molecular complexity index is 1130. The van der Waals surface area contributed by atoms with Crippen LogP contribution in [0.3, 0.4) is 0 Å². The van der Waals surface area contributed by atoms with Gasteiger partial charge in [0, 0.05) is 11.6 Å². The quantitative estimate of drug-likeness (QED) is 0.103. The van der Waals surface area contributed by atoms with E-state index in [2.05, 4.69) is 0 Å². The molecule has 0 saturated carbocycles. The van der Waals surface area contributed by atoms with Gasteiger partial charge in [0.2, 0.25) is 0 Å². The first-order valence-electron chi connectivity index (χ1n) is 12.9. The highest BCUT2D eigenvalue weighted by Gasteiger charge is 2.50. The Balaban J connectivity index is 1.29. The van der Waals surface area contributed by atoms with Gasteiger partial charge in [0.15, 0.2) is 18.4 Å². The second-order valence-electron chi connectivity index (χ2n) is 9.60. The summed E-state index contributed by atoms with van der Waals surface area (Å²) in [6.07, 6.45) is -15.5. The molecule has 0 radical (unpaired) electrons. The van der Waals surface area contributed by atoms with Crippen LogP contribution in [0.15, 0.2) is 48.5 Å². The number of aromatic hydroxyl groups is 1. The molecule has 2 saturated heterocycles. The minimum Gasteiger partial charge on any atom is -0.507 e. The van der Waals surface area contributed by atoms with Crippen LogP contribution in [0, 0.1) is 0 Å². The molecule has 2 fully saturated rings. The van der Waals surface area contributed by atoms with Crippen molar-refractivity contribution in [3.8, 4) is 11.5 Å². The molecule has 0 spiro atoms. The fourth-order valence-corrected chi connectivity index (χ4v) is 4.56. The summed E-state index contributed by atoms with van der Waals surface area (Å²) in [4.78, 5) is 12.6. The van der Waals surface area contributed by atoms with E-state index >= 15 is 0 Å². The lowest BCUT2D eigenvalue weighted by Crippen LogP contribution is -2.64. The number of carbonyl (C=O) groups excluding carboxylic acids is 1. The lowest BCUT2D eigenvalue weighted by molar-refractivity contribution is -0.359. The van der Waals surface area contributed by atoms with E-state index in [0.29, 0.717) is 5.56 Å². The number of benzene rings is 2. The van der Waals surface area contributed by atoms with Crippen molar-refractivity contribution < 1.29 is 69.3 Å². The molecule has 226 valence electrons. The molecule has 14 nitrogen and oxygen atoms in total. The number of ketones is 1. The Kier molecular flexibility index (Phi) is 10.6. The number of rotatable bonds is 11. The van der Waals surface area contributed by atoms with Crippen molar-refractivity contribution in [2.24, 2.45) is 0 Å². The lowest BCUT2D eigenvalue weighted by Gasteiger charge is -2.45. The van der Waals surface area contributed by atoms with Gasteiger partial charge in [0.25, 0.3) is 0 Å². The largest absolute Gasteiger partial charge is 0.507 e. The third kappa shape index (κ3) is 7.02. The predicted molar refractivity (Wildman–Crippen MR) is 136 cm³/mol. The average molecular weight is 583 g/mol. The van der Waals surface area contributed by atoms with Crippen LogP contribution in [-0.2, 0) is 18.9 Å². The van der Waals surface area contributed by atoms with Crippen molar-refractivity contribution in [3.63, 3.8) is 0 Å². The van der Waals surface area contributed by atoms with Gasteiger partial charge in [0.1, 0.15) is 66.9 Å². The molecule has 14 heteroatoms. The summed E-state index contributed by atoms with van der Waals surface area (Å²) in [6.45, 7) is -1.64. The van der Waals surface area contributed by atoms with E-state index in [4.69, 9.17) is 23.7 Å². The van der Waals surface area contributed by atoms with Crippen molar-refractivity contribution >= 4 is 5.78 Å². The summed E-state index contributed by atoms with van der Waals surface area (Å²) < 4.78 is 27.3. The normalized spacial score (nSPS) is 33.8. The third-order valence-corrected chi connectivity index (χ3v) is 6.84. The van der Waals surface area contributed by atoms with Gasteiger partial charge < -0.3 is 64.5 Å². The summed E-state index contributed by atoms with van der Waals surface area (Å²) in [5.41, 5.74) is 0.517. The highest BCUT2D eigenvalue weighted by molar-refractivity contribution is 6.10. The van der Waals surface area contributed by atoms with Gasteiger partial charge in [-0.05, 0) is 12.1 Å². The van der Waals surface area contributed by atoms with Crippen LogP contribution in [0.25, 0.3) is 0 Å². The molecule has 10 atom stereocenters. The molecule has 2 aromatic rings. The number of ether oxygens (including phenoxy) is 5. The first kappa shape index (κ1) is 31.2. The number of aliphatic hydroxyl groups is 7. The zero-order chi connectivity index (χ0) is 29.7. The van der Waals surface area contributed by atoms with Crippen LogP contribution in [0.2, 0.25) is 0 Å². The highest BCUT2D eigenvalue weighted by atomic mass is 16.7. The molecule has 41 heavy (non-hydrogen) atoms. The Morgan fingerprint density at radius 1 is 0.756 bits per heavy atom. The van der Waals surface area contributed by atoms with E-state index in [1.807, 2.05) is 0 Å². The third-order valence-electron chi connectivity index (χ3n) is 6.84. The van der Waals surface area contributed by atoms with Crippen LogP contribution in [-0.4, -0.2) is 134 Å². The molecule has 0 amide bonds. The highest BCUT2D eigenvalue weighted by Crippen LogP contribution is 2.30. The maximum atomic E-state index is 12.6. The molecule has 8 N–H and O–H groups in total. The SMILES string of the molecule is O=C(c1ccccc1)c1ccc(OCCO[C@@H]2O[C@H](CO)[C@@H](O[C@@H]3O[C@H](CO)[C@H](O)[C@H](O)[C@H]3O)[C@H](O)[C@H]2O)cc1O. The fourth-order valence-electron chi connectivity index (χ4n) is 4.56. The summed E-state index contributed by atoms with van der Waals surface area (Å²) in [5, 5.41) is 80.7. The molecule has 0 aliphatic carbocycles. The second kappa shape index (κ2) is 14.0. The standard InChI is InChI=1S/C27H34O14/c28-11-17-20(32)21(33)23(35)27(39-17)41-25-18(12-29)40-26(24(36)22(25)34)38-9-8-37-14-6-7-15(16(30)10-14)19(31)13-4-2-1-3-5-13/h1-7,10,17-18,20-30,32-36H,8-9,11-12H2/t17-,18-,20+,21+,22-,23-,24-,25-,26-,27+/m1/s1. The molecule has 0 aromatic heterocycles. The van der Waals surface area contributed by atoms with Crippen LogP contribution in [0.4, 0.5) is 0 Å². The van der Waals surface area contributed by atoms with Gasteiger partial charge in [-0.1, -0.05) is 30.3 Å². The minimum absolute atomic E-state index is 0.0807. The molecule has 2 aliphatic rings. The number of hydrogen-bond donors (Lipinski definition) is 8. The van der Waals surface area contributed by atoms with Crippen molar-refractivity contribution in [3.05, 3.63) is 59.7 Å². The van der Waals surface area contributed by atoms with Gasteiger partial charge in [-0.15, -0.1) is 0 Å². The number of aliphatic hydroxyl groups excluding tert-OH is 7. The van der Waals surface area contributed by atoms with Gasteiger partial charge in [-0.25, -0.2) is 0 Å². The maximum Gasteiger partial charge on any atom is 0.196 e. The fraction of sp³-hybridized carbons (Fsp3) is 0.519. The van der Waals surface area contributed by atoms with E-state index in [0.717, 1.165) is 0 Å². The monoisotopic (exact) mass is 582 g/mol. The maximum absolute atomic E-state index is 12.6. The summed E-state index contributed by atoms with van der Waals surface area (Å²) >= 11 is 0. The Labute approximate surface area is 234 Å². The number of phenolic OH excluding ortho intramolecular Hbond substituents is 1. The number of phenols is 1. The van der Waals surface area contributed by atoms with Crippen LogP contribution in [0.1, 0.15) is 15.9 Å². The molecule has 4 rings (SSSR count). The summed E-state index contributed by atoms with van der Waals surface area (Å²) in [5.74, 6) is -0.392. The molecule has 0 bridgehead atoms. The Hall–Kier alpha value is -2.73. The lowest BCUT2D eigenvalue weighted by atomic mass is 9.97. The molecule has 2 heterocycles. The van der Waals surface area contributed by atoms with Crippen molar-refractivity contribution in [1.29, 1.82) is 0 Å². The molecular weight excluding hydrogens is 548 g/mol. The first-order chi connectivity index (χ1) is 19.7. The van der Waals surface area contributed by atoms with Crippen LogP contribution in [0.5, 0.6) is 11.5 Å². The summed E-state index contributed by atoms with van der Waals surface area (Å²) in [7, 11) is 0. The van der Waals surface area contributed by atoms with Gasteiger partial charge >= 0.3 is 0 Å². The van der Waals surface area contributed by atoms with E-state index in [1.54, 1.807) is 30.3 Å². The Morgan fingerprint density at radius 3 is 2.07 bits per heavy atom. The van der Waals surface area contributed by atoms with E-state index in [1.165, 1.54) is 18.2 Å². The van der Waals surface area contributed by atoms with Crippen LogP contribution >= 0.6 is 0 Å². The first-order valence-corrected chi connectivity index (χ1v) is 12.9. The smallest absolute Gasteiger partial charge is 0.196 e. The average Bonchev–Trinajstić information content (AvgIpc) is 2.98. The van der Waals surface area contributed by atoms with Gasteiger partial charge in [0.05, 0.1) is 25.4 Å². The van der Waals surface area contributed by atoms with Gasteiger partial charge in [-0.3, -0.25) is 4.79 Å². The van der Waals surface area contributed by atoms with E-state index in [-0.39, 0.29) is 36.1 Å². The van der Waals surface area contributed by atoms with E-state index in [9.17, 15) is 45.6 Å². The topological polar surface area (TPSA) is 225 Å². The molecule has 2 aromatic carbocycles. The number of carbonyl (C=O) groups is 1. The zero-order valence-electron chi connectivity index (χ0n) is 21.7. The van der Waals surface area contributed by atoms with Crippen molar-refractivity contribution in [2.75, 3.05) is 26.4 Å². The zero-order valence-corrected chi connectivity index (χ0v) is 21.7. The van der Waals surface area contributed by atoms with Crippen LogP contribution < -0.4 is 4.74 Å². The Morgan fingerprint density at radius 2 is 1.41 bits per heavy atom. The molecule has 0 unspecified atom stereocenters. The molecular formula is C27H34O14.